The molecule has 5 nitrogen and oxygen atoms in total. The van der Waals surface area contributed by atoms with E-state index in [0.717, 1.165) is 10.0 Å². The monoisotopic (exact) mass is 347 g/mol. The lowest BCUT2D eigenvalue weighted by atomic mass is 10.1. The Morgan fingerprint density at radius 3 is 2.71 bits per heavy atom. The Bertz CT molecular complexity index is 746. The van der Waals surface area contributed by atoms with Crippen molar-refractivity contribution < 1.29 is 19.0 Å². The molecule has 1 atom stereocenters. The SMILES string of the molecule is O=C1NC(c2cc3c(cc2Br)OCO3)Oc2ccccc21. The number of halogens is 1. The van der Waals surface area contributed by atoms with Crippen molar-refractivity contribution in [3.05, 3.63) is 52.0 Å². The summed E-state index contributed by atoms with van der Waals surface area (Å²) >= 11 is 3.48. The lowest BCUT2D eigenvalue weighted by Crippen LogP contribution is -2.36. The van der Waals surface area contributed by atoms with E-state index in [0.29, 0.717) is 22.8 Å². The van der Waals surface area contributed by atoms with Crippen LogP contribution >= 0.6 is 15.9 Å². The Hall–Kier alpha value is -2.21. The second kappa shape index (κ2) is 4.66. The predicted molar refractivity (Wildman–Crippen MR) is 77.5 cm³/mol. The Kier molecular flexibility index (Phi) is 2.78. The van der Waals surface area contributed by atoms with Gasteiger partial charge in [0, 0.05) is 10.0 Å². The van der Waals surface area contributed by atoms with Gasteiger partial charge < -0.3 is 19.5 Å². The number of hydrogen-bond donors (Lipinski definition) is 1. The van der Waals surface area contributed by atoms with Gasteiger partial charge in [-0.1, -0.05) is 28.1 Å². The standard InChI is InChI=1S/C15H10BrNO4/c16-10-6-13-12(19-7-20-13)5-9(10)15-17-14(18)8-3-1-2-4-11(8)21-15/h1-6,15H,7H2,(H,17,18). The third-order valence-corrected chi connectivity index (χ3v) is 4.10. The Balaban J connectivity index is 1.74. The number of rotatable bonds is 1. The van der Waals surface area contributed by atoms with Crippen molar-refractivity contribution in [1.29, 1.82) is 0 Å². The van der Waals surface area contributed by atoms with E-state index >= 15 is 0 Å². The summed E-state index contributed by atoms with van der Waals surface area (Å²) in [7, 11) is 0. The number of benzene rings is 2. The molecular formula is C15H10BrNO4. The van der Waals surface area contributed by atoms with Crippen LogP contribution in [0.3, 0.4) is 0 Å². The summed E-state index contributed by atoms with van der Waals surface area (Å²) in [5.41, 5.74) is 1.31. The minimum absolute atomic E-state index is 0.161. The largest absolute Gasteiger partial charge is 0.466 e. The van der Waals surface area contributed by atoms with Crippen LogP contribution in [0.1, 0.15) is 22.1 Å². The van der Waals surface area contributed by atoms with E-state index in [4.69, 9.17) is 14.2 Å². The highest BCUT2D eigenvalue weighted by Crippen LogP contribution is 2.40. The molecule has 1 amide bonds. The van der Waals surface area contributed by atoms with E-state index in [-0.39, 0.29) is 12.7 Å². The fourth-order valence-corrected chi connectivity index (χ4v) is 2.92. The number of hydrogen-bond acceptors (Lipinski definition) is 4. The van der Waals surface area contributed by atoms with Gasteiger partial charge in [0.05, 0.1) is 5.56 Å². The van der Waals surface area contributed by atoms with Gasteiger partial charge in [-0.2, -0.15) is 0 Å². The zero-order chi connectivity index (χ0) is 14.4. The third kappa shape index (κ3) is 2.03. The molecule has 0 aromatic heterocycles. The Morgan fingerprint density at radius 1 is 1.10 bits per heavy atom. The van der Waals surface area contributed by atoms with Gasteiger partial charge in [-0.05, 0) is 24.3 Å². The molecule has 0 aliphatic carbocycles. The topological polar surface area (TPSA) is 56.8 Å². The Morgan fingerprint density at radius 2 is 1.86 bits per heavy atom. The minimum Gasteiger partial charge on any atom is -0.466 e. The first-order chi connectivity index (χ1) is 10.2. The molecular weight excluding hydrogens is 338 g/mol. The number of carbonyl (C=O) groups is 1. The van der Waals surface area contributed by atoms with Crippen LogP contribution in [0.15, 0.2) is 40.9 Å². The summed E-state index contributed by atoms with van der Waals surface area (Å²) in [5, 5.41) is 2.83. The van der Waals surface area contributed by atoms with Crippen LogP contribution in [0.25, 0.3) is 0 Å². The van der Waals surface area contributed by atoms with Crippen LogP contribution in [-0.2, 0) is 0 Å². The first kappa shape index (κ1) is 12.5. The third-order valence-electron chi connectivity index (χ3n) is 3.41. The fraction of sp³-hybridized carbons (Fsp3) is 0.133. The average molecular weight is 348 g/mol. The fourth-order valence-electron chi connectivity index (χ4n) is 2.39. The molecule has 2 aromatic carbocycles. The van der Waals surface area contributed by atoms with Crippen molar-refractivity contribution in [2.24, 2.45) is 0 Å². The van der Waals surface area contributed by atoms with E-state index in [1.165, 1.54) is 0 Å². The molecule has 2 aromatic rings. The summed E-state index contributed by atoms with van der Waals surface area (Å²) < 4.78 is 17.3. The summed E-state index contributed by atoms with van der Waals surface area (Å²) in [6.45, 7) is 0.200. The Labute approximate surface area is 128 Å². The maximum atomic E-state index is 12.2. The molecule has 6 heteroatoms. The highest BCUT2D eigenvalue weighted by molar-refractivity contribution is 9.10. The lowest BCUT2D eigenvalue weighted by molar-refractivity contribution is 0.0754. The molecule has 0 spiro atoms. The first-order valence-electron chi connectivity index (χ1n) is 6.38. The molecule has 2 aliphatic heterocycles. The van der Waals surface area contributed by atoms with Gasteiger partial charge in [0.2, 0.25) is 6.79 Å². The van der Waals surface area contributed by atoms with Crippen LogP contribution in [-0.4, -0.2) is 12.7 Å². The first-order valence-corrected chi connectivity index (χ1v) is 7.17. The zero-order valence-corrected chi connectivity index (χ0v) is 12.3. The highest BCUT2D eigenvalue weighted by Gasteiger charge is 2.29. The molecule has 2 aliphatic rings. The summed E-state index contributed by atoms with van der Waals surface area (Å²) in [4.78, 5) is 12.2. The molecule has 0 bridgehead atoms. The number of amides is 1. The van der Waals surface area contributed by atoms with Gasteiger partial charge in [0.15, 0.2) is 17.7 Å². The van der Waals surface area contributed by atoms with Crippen LogP contribution in [0.2, 0.25) is 0 Å². The number of nitrogens with one attached hydrogen (secondary N) is 1. The summed E-state index contributed by atoms with van der Waals surface area (Å²) in [6, 6.07) is 10.8. The maximum absolute atomic E-state index is 12.2. The smallest absolute Gasteiger partial charge is 0.258 e. The summed E-state index contributed by atoms with van der Waals surface area (Å²) in [5.74, 6) is 1.72. The number of carbonyl (C=O) groups excluding carboxylic acids is 1. The van der Waals surface area contributed by atoms with Gasteiger partial charge in [-0.25, -0.2) is 0 Å². The van der Waals surface area contributed by atoms with Gasteiger partial charge in [-0.15, -0.1) is 0 Å². The molecule has 0 fully saturated rings. The quantitative estimate of drug-likeness (QED) is 0.861. The van der Waals surface area contributed by atoms with Crippen LogP contribution in [0.4, 0.5) is 0 Å². The number of para-hydroxylation sites is 1. The van der Waals surface area contributed by atoms with Crippen molar-refractivity contribution in [1.82, 2.24) is 5.32 Å². The van der Waals surface area contributed by atoms with Gasteiger partial charge in [-0.3, -0.25) is 4.79 Å². The molecule has 1 N–H and O–H groups in total. The van der Waals surface area contributed by atoms with Crippen molar-refractivity contribution >= 4 is 21.8 Å². The molecule has 21 heavy (non-hydrogen) atoms. The summed E-state index contributed by atoms with van der Waals surface area (Å²) in [6.07, 6.45) is -0.573. The van der Waals surface area contributed by atoms with Gasteiger partial charge >= 0.3 is 0 Å². The van der Waals surface area contributed by atoms with E-state index in [9.17, 15) is 4.79 Å². The second-order valence-electron chi connectivity index (χ2n) is 4.69. The predicted octanol–water partition coefficient (Wildman–Crippen LogP) is 3.00. The molecule has 0 saturated carbocycles. The average Bonchev–Trinajstić information content (AvgIpc) is 2.93. The van der Waals surface area contributed by atoms with E-state index in [1.54, 1.807) is 18.2 Å². The maximum Gasteiger partial charge on any atom is 0.258 e. The van der Waals surface area contributed by atoms with Crippen molar-refractivity contribution in [2.45, 2.75) is 6.23 Å². The number of fused-ring (bicyclic) bond motifs is 2. The van der Waals surface area contributed by atoms with Crippen molar-refractivity contribution in [3.63, 3.8) is 0 Å². The van der Waals surface area contributed by atoms with Crippen molar-refractivity contribution in [2.75, 3.05) is 6.79 Å². The van der Waals surface area contributed by atoms with Crippen molar-refractivity contribution in [3.8, 4) is 17.2 Å². The second-order valence-corrected chi connectivity index (χ2v) is 5.55. The van der Waals surface area contributed by atoms with Gasteiger partial charge in [0.25, 0.3) is 5.91 Å². The molecule has 2 heterocycles. The molecule has 0 radical (unpaired) electrons. The zero-order valence-electron chi connectivity index (χ0n) is 10.8. The van der Waals surface area contributed by atoms with Crippen LogP contribution < -0.4 is 19.5 Å². The van der Waals surface area contributed by atoms with Crippen LogP contribution in [0, 0.1) is 0 Å². The van der Waals surface area contributed by atoms with Gasteiger partial charge in [0.1, 0.15) is 5.75 Å². The van der Waals surface area contributed by atoms with Crippen LogP contribution in [0.5, 0.6) is 17.2 Å². The minimum atomic E-state index is -0.573. The van der Waals surface area contributed by atoms with E-state index < -0.39 is 6.23 Å². The molecule has 1 unspecified atom stereocenters. The number of ether oxygens (including phenoxy) is 3. The highest BCUT2D eigenvalue weighted by atomic mass is 79.9. The normalized spacial score (nSPS) is 18.7. The van der Waals surface area contributed by atoms with E-state index in [2.05, 4.69) is 21.2 Å². The molecule has 0 saturated heterocycles. The lowest BCUT2D eigenvalue weighted by Gasteiger charge is -2.27. The molecule has 106 valence electrons. The van der Waals surface area contributed by atoms with E-state index in [1.807, 2.05) is 18.2 Å². The molecule has 4 rings (SSSR count).